The molecule has 152 valence electrons. The molecule has 0 radical (unpaired) electrons. The van der Waals surface area contributed by atoms with Crippen molar-refractivity contribution in [3.05, 3.63) is 108 Å². The van der Waals surface area contributed by atoms with Crippen molar-refractivity contribution in [3.8, 4) is 11.1 Å². The van der Waals surface area contributed by atoms with Crippen LogP contribution in [0.3, 0.4) is 0 Å². The number of ketones is 1. The largest absolute Gasteiger partial charge is 0.419 e. The monoisotopic (exact) mass is 416 g/mol. The van der Waals surface area contributed by atoms with Gasteiger partial charge in [-0.15, -0.1) is 0 Å². The van der Waals surface area contributed by atoms with Crippen LogP contribution in [0.4, 0.5) is 13.2 Å². The van der Waals surface area contributed by atoms with E-state index in [1.54, 1.807) is 24.3 Å². The highest BCUT2D eigenvalue weighted by Crippen LogP contribution is 2.39. The Hall–Kier alpha value is -3.93. The lowest BCUT2D eigenvalue weighted by atomic mass is 9.93. The first-order chi connectivity index (χ1) is 14.9. The topological polar surface area (TPSA) is 34.4 Å². The number of nitrogens with zero attached hydrogens (tertiary/aromatic N) is 2. The summed E-state index contributed by atoms with van der Waals surface area (Å²) < 4.78 is 43.8. The number of aromatic nitrogens is 2. The van der Waals surface area contributed by atoms with Crippen molar-refractivity contribution in [2.24, 2.45) is 0 Å². The molecule has 6 heteroatoms. The fraction of sp³-hybridized carbons (Fsp3) is 0.0400. The maximum Gasteiger partial charge on any atom is 0.419 e. The summed E-state index contributed by atoms with van der Waals surface area (Å²) in [6.45, 7) is 0. The van der Waals surface area contributed by atoms with Crippen LogP contribution < -0.4 is 0 Å². The van der Waals surface area contributed by atoms with E-state index in [4.69, 9.17) is 0 Å². The smallest absolute Gasteiger partial charge is 0.301 e. The highest BCUT2D eigenvalue weighted by Gasteiger charge is 2.39. The number of rotatable bonds is 3. The molecule has 2 aromatic carbocycles. The quantitative estimate of drug-likeness (QED) is 0.319. The summed E-state index contributed by atoms with van der Waals surface area (Å²) in [5, 5.41) is 0.163. The van der Waals surface area contributed by atoms with Crippen LogP contribution in [0.2, 0.25) is 0 Å². The molecule has 31 heavy (non-hydrogen) atoms. The standard InChI is InChI=1S/C25H15F3N2O/c26-25(27,28)22-20-9-5-15-30(20)24-19(8-4-14-29-24)21(22)23(31)18-12-10-17(11-13-18)16-6-2-1-3-7-16/h1-15H. The van der Waals surface area contributed by atoms with Gasteiger partial charge in [-0.2, -0.15) is 13.2 Å². The zero-order valence-electron chi connectivity index (χ0n) is 16.1. The van der Waals surface area contributed by atoms with E-state index in [0.717, 1.165) is 11.1 Å². The fourth-order valence-corrected chi connectivity index (χ4v) is 3.93. The molecule has 0 unspecified atom stereocenters. The van der Waals surface area contributed by atoms with E-state index in [9.17, 15) is 18.0 Å². The average molecular weight is 416 g/mol. The Bertz CT molecular complexity index is 1420. The Kier molecular flexibility index (Phi) is 4.36. The van der Waals surface area contributed by atoms with Crippen LogP contribution in [0.5, 0.6) is 0 Å². The number of pyridine rings is 2. The SMILES string of the molecule is O=C(c1ccc(-c2ccccc2)cc1)c1c(C(F)(F)F)c2cccn2c2ncccc12. The molecule has 0 atom stereocenters. The number of benzene rings is 2. The Morgan fingerprint density at radius 3 is 2.23 bits per heavy atom. The van der Waals surface area contributed by atoms with Gasteiger partial charge in [0.25, 0.3) is 0 Å². The summed E-state index contributed by atoms with van der Waals surface area (Å²) in [4.78, 5) is 17.6. The van der Waals surface area contributed by atoms with Crippen molar-refractivity contribution < 1.29 is 18.0 Å². The van der Waals surface area contributed by atoms with Crippen molar-refractivity contribution in [2.45, 2.75) is 6.18 Å². The summed E-state index contributed by atoms with van der Waals surface area (Å²) in [7, 11) is 0. The Labute approximate surface area is 175 Å². The molecule has 0 bridgehead atoms. The number of carbonyl (C=O) groups is 1. The van der Waals surface area contributed by atoms with Gasteiger partial charge in [0.1, 0.15) is 5.65 Å². The third-order valence-electron chi connectivity index (χ3n) is 5.30. The first-order valence-electron chi connectivity index (χ1n) is 9.60. The molecule has 0 aliphatic carbocycles. The van der Waals surface area contributed by atoms with Crippen molar-refractivity contribution in [3.63, 3.8) is 0 Å². The maximum atomic E-state index is 14.2. The zero-order valence-corrected chi connectivity index (χ0v) is 16.1. The van der Waals surface area contributed by atoms with Crippen molar-refractivity contribution >= 4 is 22.3 Å². The second-order valence-electron chi connectivity index (χ2n) is 7.16. The van der Waals surface area contributed by atoms with E-state index < -0.39 is 17.5 Å². The minimum Gasteiger partial charge on any atom is -0.301 e. The number of hydrogen-bond acceptors (Lipinski definition) is 2. The van der Waals surface area contributed by atoms with Gasteiger partial charge in [0.2, 0.25) is 0 Å². The number of carbonyl (C=O) groups excluding carboxylic acids is 1. The second kappa shape index (κ2) is 7.09. The van der Waals surface area contributed by atoms with Crippen molar-refractivity contribution in [2.75, 3.05) is 0 Å². The summed E-state index contributed by atoms with van der Waals surface area (Å²) in [5.41, 5.74) is 0.904. The first-order valence-corrected chi connectivity index (χ1v) is 9.60. The molecule has 0 saturated heterocycles. The van der Waals surface area contributed by atoms with Crippen molar-refractivity contribution in [1.29, 1.82) is 0 Å². The summed E-state index contributed by atoms with van der Waals surface area (Å²) in [6.07, 6.45) is -1.70. The highest BCUT2D eigenvalue weighted by molar-refractivity contribution is 6.18. The van der Waals surface area contributed by atoms with Crippen LogP contribution in [0.1, 0.15) is 21.5 Å². The van der Waals surface area contributed by atoms with Gasteiger partial charge in [-0.05, 0) is 35.4 Å². The van der Waals surface area contributed by atoms with Crippen LogP contribution >= 0.6 is 0 Å². The van der Waals surface area contributed by atoms with Gasteiger partial charge in [0.15, 0.2) is 5.78 Å². The molecule has 3 heterocycles. The zero-order chi connectivity index (χ0) is 21.6. The van der Waals surface area contributed by atoms with Gasteiger partial charge in [0, 0.05) is 28.9 Å². The van der Waals surface area contributed by atoms with Gasteiger partial charge in [-0.1, -0.05) is 54.6 Å². The minimum atomic E-state index is -4.71. The fourth-order valence-electron chi connectivity index (χ4n) is 3.93. The molecule has 0 saturated carbocycles. The predicted octanol–water partition coefficient (Wildman–Crippen LogP) is 6.40. The maximum absolute atomic E-state index is 14.2. The number of halogens is 3. The molecule has 5 aromatic rings. The third kappa shape index (κ3) is 3.17. The van der Waals surface area contributed by atoms with Gasteiger partial charge in [0.05, 0.1) is 11.1 Å². The van der Waals surface area contributed by atoms with Crippen LogP contribution in [-0.4, -0.2) is 15.2 Å². The molecule has 0 fully saturated rings. The molecule has 0 spiro atoms. The molecule has 0 aliphatic heterocycles. The Morgan fingerprint density at radius 2 is 1.52 bits per heavy atom. The van der Waals surface area contributed by atoms with E-state index in [2.05, 4.69) is 4.98 Å². The highest BCUT2D eigenvalue weighted by atomic mass is 19.4. The van der Waals surface area contributed by atoms with Crippen LogP contribution in [0.25, 0.3) is 27.7 Å². The molecular weight excluding hydrogens is 401 g/mol. The summed E-state index contributed by atoms with van der Waals surface area (Å²) in [5.74, 6) is -0.686. The molecule has 3 aromatic heterocycles. The third-order valence-corrected chi connectivity index (χ3v) is 5.30. The second-order valence-corrected chi connectivity index (χ2v) is 7.16. The van der Waals surface area contributed by atoms with Crippen molar-refractivity contribution in [1.82, 2.24) is 9.38 Å². The van der Waals surface area contributed by atoms with Gasteiger partial charge < -0.3 is 4.40 Å². The van der Waals surface area contributed by atoms with E-state index >= 15 is 0 Å². The normalized spacial score (nSPS) is 11.8. The number of alkyl halides is 3. The van der Waals surface area contributed by atoms with Gasteiger partial charge in [-0.25, -0.2) is 4.98 Å². The van der Waals surface area contributed by atoms with E-state index in [0.29, 0.717) is 5.65 Å². The molecular formula is C25H15F3N2O. The first kappa shape index (κ1) is 19.1. The van der Waals surface area contributed by atoms with Gasteiger partial charge in [-0.3, -0.25) is 4.79 Å². The molecule has 3 nitrogen and oxygen atoms in total. The average Bonchev–Trinajstić information content (AvgIpc) is 3.27. The van der Waals surface area contributed by atoms with Gasteiger partial charge >= 0.3 is 6.18 Å². The van der Waals surface area contributed by atoms with E-state index in [1.165, 1.54) is 41.1 Å². The lowest BCUT2D eigenvalue weighted by Crippen LogP contribution is -2.17. The van der Waals surface area contributed by atoms with Crippen LogP contribution in [-0.2, 0) is 6.18 Å². The Balaban J connectivity index is 1.73. The molecule has 5 rings (SSSR count). The van der Waals surface area contributed by atoms with E-state index in [-0.39, 0.29) is 22.0 Å². The molecule has 0 N–H and O–H groups in total. The molecule has 0 aliphatic rings. The number of hydrogen-bond donors (Lipinski definition) is 0. The number of fused-ring (bicyclic) bond motifs is 3. The summed E-state index contributed by atoms with van der Waals surface area (Å²) >= 11 is 0. The predicted molar refractivity (Wildman–Crippen MR) is 113 cm³/mol. The lowest BCUT2D eigenvalue weighted by molar-refractivity contribution is -0.136. The molecule has 0 amide bonds. The minimum absolute atomic E-state index is 0.0945. The Morgan fingerprint density at radius 1 is 0.806 bits per heavy atom. The van der Waals surface area contributed by atoms with Crippen LogP contribution in [0, 0.1) is 0 Å². The van der Waals surface area contributed by atoms with Crippen LogP contribution in [0.15, 0.2) is 91.3 Å². The van der Waals surface area contributed by atoms with E-state index in [1.807, 2.05) is 30.3 Å². The lowest BCUT2D eigenvalue weighted by Gasteiger charge is -2.17. The summed E-state index contributed by atoms with van der Waals surface area (Å²) in [6, 6.07) is 22.1.